The van der Waals surface area contributed by atoms with E-state index in [-0.39, 0.29) is 13.0 Å². The lowest BCUT2D eigenvalue weighted by Crippen LogP contribution is -2.51. The minimum absolute atomic E-state index is 0.156. The molecule has 228 valence electrons. The molecule has 1 aliphatic carbocycles. The van der Waals surface area contributed by atoms with Gasteiger partial charge in [-0.1, -0.05) is 24.3 Å². The molecule has 0 bridgehead atoms. The summed E-state index contributed by atoms with van der Waals surface area (Å²) in [5, 5.41) is 0.693. The van der Waals surface area contributed by atoms with Crippen molar-refractivity contribution < 1.29 is 27.1 Å². The molecule has 0 saturated heterocycles. The number of fused-ring (bicyclic) bond motifs is 1. The first-order chi connectivity index (χ1) is 20.1. The van der Waals surface area contributed by atoms with Crippen molar-refractivity contribution in [3.63, 3.8) is 0 Å². The molecule has 1 unspecified atom stereocenters. The van der Waals surface area contributed by atoms with E-state index >= 15 is 0 Å². The molecule has 0 spiro atoms. The first-order valence-corrected chi connectivity index (χ1v) is 15.7. The second kappa shape index (κ2) is 10.7. The van der Waals surface area contributed by atoms with Crippen LogP contribution in [-0.2, 0) is 14.8 Å². The van der Waals surface area contributed by atoms with Gasteiger partial charge in [0.05, 0.1) is 12.8 Å². The SMILES string of the molecule is COc1ccc(F)cc1C1=CCC(C)(S(=O)(=O)n2c(C3=CCN(C(=O)OC(C)(C)C)C(C)(C)C3)cc3cccnc32)C=C1. The minimum atomic E-state index is -4.07. The topological polar surface area (TPSA) is 90.7 Å². The van der Waals surface area contributed by atoms with Gasteiger partial charge in [-0.05, 0) is 102 Å². The van der Waals surface area contributed by atoms with E-state index in [1.165, 1.54) is 23.2 Å². The fourth-order valence-corrected chi connectivity index (χ4v) is 7.37. The zero-order valence-electron chi connectivity index (χ0n) is 25.6. The molecule has 0 fully saturated rings. The largest absolute Gasteiger partial charge is 0.496 e. The molecule has 1 atom stereocenters. The van der Waals surface area contributed by atoms with E-state index in [9.17, 15) is 17.6 Å². The summed E-state index contributed by atoms with van der Waals surface area (Å²) >= 11 is 0. The number of hydrogen-bond donors (Lipinski definition) is 0. The molecule has 10 heteroatoms. The molecule has 5 rings (SSSR count). The van der Waals surface area contributed by atoms with Crippen LogP contribution in [0.25, 0.3) is 22.2 Å². The number of carbonyl (C=O) groups is 1. The highest BCUT2D eigenvalue weighted by molar-refractivity contribution is 7.91. The Morgan fingerprint density at radius 2 is 1.84 bits per heavy atom. The van der Waals surface area contributed by atoms with Gasteiger partial charge in [-0.3, -0.25) is 4.90 Å². The Morgan fingerprint density at radius 1 is 1.09 bits per heavy atom. The monoisotopic (exact) mass is 607 g/mol. The Morgan fingerprint density at radius 3 is 2.47 bits per heavy atom. The van der Waals surface area contributed by atoms with Gasteiger partial charge in [-0.2, -0.15) is 0 Å². The summed E-state index contributed by atoms with van der Waals surface area (Å²) in [5.74, 6) is 0.0911. The van der Waals surface area contributed by atoms with E-state index in [0.29, 0.717) is 40.0 Å². The van der Waals surface area contributed by atoms with E-state index in [2.05, 4.69) is 4.98 Å². The number of allylic oxidation sites excluding steroid dienone is 3. The van der Waals surface area contributed by atoms with Crippen molar-refractivity contribution in [1.29, 1.82) is 0 Å². The Labute approximate surface area is 252 Å². The summed E-state index contributed by atoms with van der Waals surface area (Å²) < 4.78 is 54.4. The Bertz CT molecular complexity index is 1800. The fourth-order valence-electron chi connectivity index (χ4n) is 5.61. The number of carbonyl (C=O) groups excluding carboxylic acids is 1. The van der Waals surface area contributed by atoms with Crippen molar-refractivity contribution >= 4 is 38.3 Å². The number of benzene rings is 1. The quantitative estimate of drug-likeness (QED) is 0.311. The summed E-state index contributed by atoms with van der Waals surface area (Å²) in [5.41, 5.74) is 1.61. The maximum absolute atomic E-state index is 14.6. The van der Waals surface area contributed by atoms with E-state index < -0.39 is 37.8 Å². The number of halogens is 1. The molecule has 0 saturated carbocycles. The molecule has 3 aromatic rings. The number of amides is 1. The van der Waals surface area contributed by atoms with Crippen LogP contribution in [0.5, 0.6) is 5.75 Å². The van der Waals surface area contributed by atoms with Gasteiger partial charge in [-0.25, -0.2) is 26.6 Å². The lowest BCUT2D eigenvalue weighted by Gasteiger charge is -2.42. The number of aromatic nitrogens is 2. The standard InChI is InChI=1S/C33H38FN3O5S/c1-31(2,3)42-30(38)36-18-14-24(21-32(36,4)5)27-19-23-9-8-17-35-29(23)37(27)43(39,40)33(6)15-12-22(13-16-33)26-20-25(34)10-11-28(26)41-7/h8-15,17,19-20H,16,18,21H2,1-7H3. The third-order valence-corrected chi connectivity index (χ3v) is 10.3. The summed E-state index contributed by atoms with van der Waals surface area (Å²) in [4.78, 5) is 19.1. The van der Waals surface area contributed by atoms with Crippen molar-refractivity contribution in [2.45, 2.75) is 70.3 Å². The smallest absolute Gasteiger partial charge is 0.411 e. The summed E-state index contributed by atoms with van der Waals surface area (Å²) in [6, 6.07) is 9.72. The second-order valence-corrected chi connectivity index (χ2v) is 15.1. The van der Waals surface area contributed by atoms with Gasteiger partial charge < -0.3 is 9.47 Å². The molecule has 0 radical (unpaired) electrons. The maximum atomic E-state index is 14.6. The third-order valence-electron chi connectivity index (χ3n) is 7.98. The third kappa shape index (κ3) is 5.60. The zero-order chi connectivity index (χ0) is 31.4. The van der Waals surface area contributed by atoms with E-state index in [0.717, 1.165) is 5.57 Å². The van der Waals surface area contributed by atoms with Crippen LogP contribution in [0.1, 0.15) is 65.6 Å². The Balaban J connectivity index is 1.55. The van der Waals surface area contributed by atoms with Crippen LogP contribution >= 0.6 is 0 Å². The molecule has 2 aromatic heterocycles. The number of methoxy groups -OCH3 is 1. The molecule has 1 amide bonds. The highest BCUT2D eigenvalue weighted by atomic mass is 32.2. The number of rotatable bonds is 5. The summed E-state index contributed by atoms with van der Waals surface area (Å²) in [6.45, 7) is 11.3. The van der Waals surface area contributed by atoms with Gasteiger partial charge in [0.2, 0.25) is 10.0 Å². The van der Waals surface area contributed by atoms with Crippen LogP contribution in [0, 0.1) is 5.82 Å². The zero-order valence-corrected chi connectivity index (χ0v) is 26.5. The fraction of sp³-hybridized carbons (Fsp3) is 0.394. The van der Waals surface area contributed by atoms with Gasteiger partial charge >= 0.3 is 6.09 Å². The molecular weight excluding hydrogens is 569 g/mol. The molecule has 8 nitrogen and oxygen atoms in total. The van der Waals surface area contributed by atoms with E-state index in [4.69, 9.17) is 9.47 Å². The molecule has 0 N–H and O–H groups in total. The second-order valence-electron chi connectivity index (χ2n) is 12.9. The van der Waals surface area contributed by atoms with Crippen molar-refractivity contribution in [2.75, 3.05) is 13.7 Å². The Hall–Kier alpha value is -3.92. The van der Waals surface area contributed by atoms with Crippen molar-refractivity contribution in [3.05, 3.63) is 84.0 Å². The first-order valence-electron chi connectivity index (χ1n) is 14.2. The normalized spacial score (nSPS) is 20.5. The summed E-state index contributed by atoms with van der Waals surface area (Å²) in [7, 11) is -2.56. The van der Waals surface area contributed by atoms with Crippen LogP contribution in [0.2, 0.25) is 0 Å². The number of hydrogen-bond acceptors (Lipinski definition) is 6. The summed E-state index contributed by atoms with van der Waals surface area (Å²) in [6.07, 6.45) is 8.79. The van der Waals surface area contributed by atoms with Gasteiger partial charge in [0.25, 0.3) is 0 Å². The van der Waals surface area contributed by atoms with Crippen LogP contribution in [-0.4, -0.2) is 57.9 Å². The van der Waals surface area contributed by atoms with E-state index in [1.807, 2.05) is 52.8 Å². The average molecular weight is 608 g/mol. The lowest BCUT2D eigenvalue weighted by atomic mass is 9.88. The Kier molecular flexibility index (Phi) is 7.57. The van der Waals surface area contributed by atoms with Crippen LogP contribution in [0.4, 0.5) is 9.18 Å². The highest BCUT2D eigenvalue weighted by Crippen LogP contribution is 2.41. The van der Waals surface area contributed by atoms with Crippen LogP contribution in [0.15, 0.2) is 66.9 Å². The average Bonchev–Trinajstić information content (AvgIpc) is 3.32. The van der Waals surface area contributed by atoms with Gasteiger partial charge in [0.15, 0.2) is 5.65 Å². The predicted octanol–water partition coefficient (Wildman–Crippen LogP) is 6.97. The van der Waals surface area contributed by atoms with Crippen molar-refractivity contribution in [2.24, 2.45) is 0 Å². The van der Waals surface area contributed by atoms with Gasteiger partial charge in [0, 0.05) is 29.2 Å². The molecule has 3 heterocycles. The van der Waals surface area contributed by atoms with Crippen LogP contribution in [0.3, 0.4) is 0 Å². The van der Waals surface area contributed by atoms with Crippen LogP contribution < -0.4 is 4.74 Å². The van der Waals surface area contributed by atoms with E-state index in [1.54, 1.807) is 48.4 Å². The molecular formula is C33H38FN3O5S. The van der Waals surface area contributed by atoms with Crippen molar-refractivity contribution in [1.82, 2.24) is 13.9 Å². The maximum Gasteiger partial charge on any atom is 0.411 e. The molecule has 1 aliphatic heterocycles. The number of ether oxygens (including phenoxy) is 2. The number of nitrogens with zero attached hydrogens (tertiary/aromatic N) is 3. The molecule has 43 heavy (non-hydrogen) atoms. The van der Waals surface area contributed by atoms with Crippen molar-refractivity contribution in [3.8, 4) is 5.75 Å². The van der Waals surface area contributed by atoms with Gasteiger partial charge in [-0.15, -0.1) is 0 Å². The molecule has 1 aromatic carbocycles. The minimum Gasteiger partial charge on any atom is -0.496 e. The number of pyridine rings is 1. The highest BCUT2D eigenvalue weighted by Gasteiger charge is 2.43. The lowest BCUT2D eigenvalue weighted by molar-refractivity contribution is 0.00614. The van der Waals surface area contributed by atoms with Gasteiger partial charge in [0.1, 0.15) is 21.9 Å². The predicted molar refractivity (Wildman–Crippen MR) is 167 cm³/mol. The first kappa shape index (κ1) is 30.5. The molecule has 2 aliphatic rings.